The lowest BCUT2D eigenvalue weighted by Gasteiger charge is -2.26. The third kappa shape index (κ3) is 4.57. The number of nitrogens with zero attached hydrogens (tertiary/aromatic N) is 5. The zero-order valence-electron chi connectivity index (χ0n) is 17.3. The van der Waals surface area contributed by atoms with Crippen LogP contribution in [-0.4, -0.2) is 67.7 Å². The molecule has 1 saturated heterocycles. The van der Waals surface area contributed by atoms with E-state index < -0.39 is 18.0 Å². The molecular formula is C21H23FN6O3. The normalized spacial score (nSPS) is 18.4. The van der Waals surface area contributed by atoms with Gasteiger partial charge in [0.05, 0.1) is 25.3 Å². The van der Waals surface area contributed by atoms with Crippen molar-refractivity contribution >= 4 is 29.8 Å². The number of ether oxygens (including phenoxy) is 1. The predicted molar refractivity (Wildman–Crippen MR) is 114 cm³/mol. The highest BCUT2D eigenvalue weighted by Gasteiger charge is 2.32. The van der Waals surface area contributed by atoms with Crippen molar-refractivity contribution in [1.82, 2.24) is 15.3 Å². The van der Waals surface area contributed by atoms with E-state index in [1.807, 2.05) is 23.0 Å². The number of pyridine rings is 1. The Balaban J connectivity index is 1.47. The monoisotopic (exact) mass is 426 g/mol. The zero-order valence-corrected chi connectivity index (χ0v) is 17.3. The van der Waals surface area contributed by atoms with Gasteiger partial charge in [-0.05, 0) is 30.3 Å². The Hall–Kier alpha value is -3.69. The van der Waals surface area contributed by atoms with Crippen molar-refractivity contribution in [3.8, 4) is 11.1 Å². The molecule has 9 nitrogen and oxygen atoms in total. The van der Waals surface area contributed by atoms with Gasteiger partial charge in [-0.1, -0.05) is 0 Å². The molecule has 2 aromatic rings. The highest BCUT2D eigenvalue weighted by atomic mass is 19.1. The molecule has 0 spiro atoms. The number of nitrogens with one attached hydrogen (secondary N) is 1. The minimum atomic E-state index is -0.567. The number of halogens is 1. The van der Waals surface area contributed by atoms with E-state index in [1.54, 1.807) is 30.7 Å². The van der Waals surface area contributed by atoms with Crippen molar-refractivity contribution in [2.45, 2.75) is 13.0 Å². The van der Waals surface area contributed by atoms with Crippen LogP contribution in [-0.2, 0) is 9.53 Å². The summed E-state index contributed by atoms with van der Waals surface area (Å²) in [6.07, 6.45) is 2.29. The maximum absolute atomic E-state index is 14.9. The highest BCUT2D eigenvalue weighted by molar-refractivity contribution is 5.90. The van der Waals surface area contributed by atoms with Crippen LogP contribution in [0.5, 0.6) is 0 Å². The summed E-state index contributed by atoms with van der Waals surface area (Å²) in [5.74, 6) is 0.0680. The molecule has 1 fully saturated rings. The number of likely N-dealkylation sites (N-methyl/N-ethyl adjacent to an activating group) is 1. The number of anilines is 2. The fourth-order valence-electron chi connectivity index (χ4n) is 3.41. The van der Waals surface area contributed by atoms with E-state index in [2.05, 4.69) is 15.4 Å². The molecular weight excluding hydrogens is 403 g/mol. The van der Waals surface area contributed by atoms with E-state index in [0.717, 1.165) is 18.9 Å². The van der Waals surface area contributed by atoms with Gasteiger partial charge in [0.15, 0.2) is 0 Å². The minimum absolute atomic E-state index is 0.204. The number of hydrogen-bond donors (Lipinski definition) is 1. The van der Waals surface area contributed by atoms with Gasteiger partial charge in [-0.25, -0.2) is 14.2 Å². The number of hydrogen-bond acceptors (Lipinski definition) is 7. The smallest absolute Gasteiger partial charge is 0.414 e. The van der Waals surface area contributed by atoms with Crippen LogP contribution in [0, 0.1) is 5.82 Å². The van der Waals surface area contributed by atoms with Gasteiger partial charge in [0.1, 0.15) is 24.1 Å². The first-order valence-electron chi connectivity index (χ1n) is 9.91. The number of carbonyl (C=O) groups excluding carboxylic acids is 2. The lowest BCUT2D eigenvalue weighted by Crippen LogP contribution is -2.36. The molecule has 31 heavy (non-hydrogen) atoms. The van der Waals surface area contributed by atoms with Crippen molar-refractivity contribution in [3.63, 3.8) is 0 Å². The molecule has 4 rings (SSSR count). The van der Waals surface area contributed by atoms with Gasteiger partial charge in [0.25, 0.3) is 0 Å². The second-order valence-corrected chi connectivity index (χ2v) is 7.43. The molecule has 0 saturated carbocycles. The molecule has 1 aromatic carbocycles. The Morgan fingerprint density at radius 2 is 2.13 bits per heavy atom. The Kier molecular flexibility index (Phi) is 5.70. The summed E-state index contributed by atoms with van der Waals surface area (Å²) in [4.78, 5) is 30.9. The molecule has 1 N–H and O–H groups in total. The summed E-state index contributed by atoms with van der Waals surface area (Å²) in [5.41, 5.74) is 1.42. The summed E-state index contributed by atoms with van der Waals surface area (Å²) in [6.45, 7) is 3.41. The summed E-state index contributed by atoms with van der Waals surface area (Å²) >= 11 is 0. The average Bonchev–Trinajstić information content (AvgIpc) is 3.13. The fourth-order valence-corrected chi connectivity index (χ4v) is 3.41. The first kappa shape index (κ1) is 20.6. The number of carbonyl (C=O) groups is 2. The van der Waals surface area contributed by atoms with Crippen LogP contribution < -0.4 is 15.1 Å². The van der Waals surface area contributed by atoms with E-state index in [4.69, 9.17) is 4.74 Å². The Morgan fingerprint density at radius 1 is 1.29 bits per heavy atom. The molecule has 2 aliphatic rings. The number of hydrazone groups is 1. The predicted octanol–water partition coefficient (Wildman–Crippen LogP) is 2.04. The van der Waals surface area contributed by atoms with Gasteiger partial charge in [-0.3, -0.25) is 14.7 Å². The lowest BCUT2D eigenvalue weighted by atomic mass is 10.1. The zero-order chi connectivity index (χ0) is 22.0. The maximum Gasteiger partial charge on any atom is 0.414 e. The Labute approximate surface area is 179 Å². The molecule has 3 heterocycles. The number of rotatable bonds is 5. The van der Waals surface area contributed by atoms with Crippen LogP contribution >= 0.6 is 0 Å². The number of aromatic nitrogens is 1. The molecule has 0 unspecified atom stereocenters. The molecule has 2 amide bonds. The van der Waals surface area contributed by atoms with Crippen LogP contribution in [0.1, 0.15) is 6.92 Å². The molecule has 10 heteroatoms. The quantitative estimate of drug-likeness (QED) is 0.787. The number of cyclic esters (lactones) is 1. The van der Waals surface area contributed by atoms with E-state index in [0.29, 0.717) is 16.8 Å². The molecule has 0 aliphatic carbocycles. The van der Waals surface area contributed by atoms with E-state index >= 15 is 0 Å². The van der Waals surface area contributed by atoms with Crippen LogP contribution in [0.3, 0.4) is 0 Å². The molecule has 0 bridgehead atoms. The SMILES string of the molecule is CC(=O)NC[C@H]1CN(c2ccc(-c3ccc(N4C=NN(C)CC4)nc3)c(F)c2)C(=O)O1. The summed E-state index contributed by atoms with van der Waals surface area (Å²) in [7, 11) is 1.90. The number of benzene rings is 1. The Morgan fingerprint density at radius 3 is 2.77 bits per heavy atom. The molecule has 1 atom stereocenters. The largest absolute Gasteiger partial charge is 0.442 e. The first-order valence-corrected chi connectivity index (χ1v) is 9.91. The molecule has 162 valence electrons. The second-order valence-electron chi connectivity index (χ2n) is 7.43. The van der Waals surface area contributed by atoms with Crippen LogP contribution in [0.4, 0.5) is 20.7 Å². The van der Waals surface area contributed by atoms with E-state index in [-0.39, 0.29) is 19.0 Å². The van der Waals surface area contributed by atoms with Gasteiger partial charge < -0.3 is 15.0 Å². The van der Waals surface area contributed by atoms with Crippen molar-refractivity contribution in [2.75, 3.05) is 43.0 Å². The maximum atomic E-state index is 14.9. The van der Waals surface area contributed by atoms with Gasteiger partial charge in [-0.2, -0.15) is 5.10 Å². The molecule has 0 radical (unpaired) electrons. The minimum Gasteiger partial charge on any atom is -0.442 e. The van der Waals surface area contributed by atoms with Crippen molar-refractivity contribution in [2.24, 2.45) is 5.10 Å². The second kappa shape index (κ2) is 8.58. The fraction of sp³-hybridized carbons (Fsp3) is 0.333. The summed E-state index contributed by atoms with van der Waals surface area (Å²) in [6, 6.07) is 8.22. The van der Waals surface area contributed by atoms with Crippen LogP contribution in [0.25, 0.3) is 11.1 Å². The molecule has 2 aliphatic heterocycles. The first-order chi connectivity index (χ1) is 14.9. The summed E-state index contributed by atoms with van der Waals surface area (Å²) in [5, 5.41) is 8.69. The third-order valence-corrected chi connectivity index (χ3v) is 5.12. The van der Waals surface area contributed by atoms with Gasteiger partial charge in [-0.15, -0.1) is 0 Å². The van der Waals surface area contributed by atoms with Crippen LogP contribution in [0.2, 0.25) is 0 Å². The van der Waals surface area contributed by atoms with E-state index in [9.17, 15) is 14.0 Å². The van der Waals surface area contributed by atoms with Crippen molar-refractivity contribution in [3.05, 3.63) is 42.3 Å². The summed E-state index contributed by atoms with van der Waals surface area (Å²) < 4.78 is 20.1. The Bertz CT molecular complexity index is 1010. The molecule has 1 aromatic heterocycles. The lowest BCUT2D eigenvalue weighted by molar-refractivity contribution is -0.119. The highest BCUT2D eigenvalue weighted by Crippen LogP contribution is 2.29. The van der Waals surface area contributed by atoms with Crippen LogP contribution in [0.15, 0.2) is 41.6 Å². The number of amides is 2. The standard InChI is InChI=1S/C21H23FN6O3/c1-14(29)23-11-17-12-28(21(30)31-17)16-4-5-18(19(22)9-16)15-3-6-20(24-10-15)27-8-7-26(2)25-13-27/h3-6,9-10,13,17H,7-8,11-12H2,1-2H3,(H,23,29)/t17-/m0/s1. The van der Waals surface area contributed by atoms with Gasteiger partial charge in [0, 0.05) is 37.8 Å². The third-order valence-electron chi connectivity index (χ3n) is 5.12. The topological polar surface area (TPSA) is 90.4 Å². The average molecular weight is 426 g/mol. The van der Waals surface area contributed by atoms with Gasteiger partial charge in [0.2, 0.25) is 5.91 Å². The van der Waals surface area contributed by atoms with Gasteiger partial charge >= 0.3 is 6.09 Å². The van der Waals surface area contributed by atoms with Crippen molar-refractivity contribution in [1.29, 1.82) is 0 Å². The van der Waals surface area contributed by atoms with E-state index in [1.165, 1.54) is 17.9 Å². The van der Waals surface area contributed by atoms with Crippen molar-refractivity contribution < 1.29 is 18.7 Å².